The van der Waals surface area contributed by atoms with Gasteiger partial charge in [-0.1, -0.05) is 12.1 Å². The average molecular weight is 295 g/mol. The van der Waals surface area contributed by atoms with Crippen LogP contribution in [0.1, 0.15) is 18.4 Å². The van der Waals surface area contributed by atoms with E-state index in [1.165, 1.54) is 6.08 Å². The molecule has 0 N–H and O–H groups in total. The number of hydrogen-bond acceptors (Lipinski definition) is 6. The van der Waals surface area contributed by atoms with E-state index >= 15 is 0 Å². The van der Waals surface area contributed by atoms with Crippen molar-refractivity contribution >= 4 is 12.0 Å². The molecule has 7 heteroatoms. The van der Waals surface area contributed by atoms with E-state index in [4.69, 9.17) is 9.47 Å². The Morgan fingerprint density at radius 1 is 1.33 bits per heavy atom. The number of benzene rings is 1. The van der Waals surface area contributed by atoms with Gasteiger partial charge in [0.2, 0.25) is 0 Å². The molecule has 0 unspecified atom stereocenters. The van der Waals surface area contributed by atoms with Crippen LogP contribution in [0, 0.1) is 10.1 Å². The van der Waals surface area contributed by atoms with Gasteiger partial charge in [0, 0.05) is 6.08 Å². The zero-order valence-corrected chi connectivity index (χ0v) is 11.7. The lowest BCUT2D eigenvalue weighted by atomic mass is 10.2. The van der Waals surface area contributed by atoms with Gasteiger partial charge in [0.25, 0.3) is 5.09 Å². The van der Waals surface area contributed by atoms with Crippen LogP contribution in [0.3, 0.4) is 0 Å². The summed E-state index contributed by atoms with van der Waals surface area (Å²) in [7, 11) is 1.57. The zero-order valence-electron chi connectivity index (χ0n) is 11.7. The van der Waals surface area contributed by atoms with Gasteiger partial charge in [-0.25, -0.2) is 4.79 Å². The van der Waals surface area contributed by atoms with E-state index in [-0.39, 0.29) is 13.2 Å². The molecule has 0 saturated carbocycles. The first kappa shape index (κ1) is 16.5. The summed E-state index contributed by atoms with van der Waals surface area (Å²) in [6, 6.07) is 7.25. The molecule has 0 fully saturated rings. The number of ether oxygens (including phenoxy) is 2. The van der Waals surface area contributed by atoms with Crippen molar-refractivity contribution in [2.24, 2.45) is 0 Å². The normalized spacial score (nSPS) is 10.3. The van der Waals surface area contributed by atoms with Crippen LogP contribution in [0.15, 0.2) is 30.3 Å². The van der Waals surface area contributed by atoms with Crippen LogP contribution in [0.25, 0.3) is 6.08 Å². The van der Waals surface area contributed by atoms with Crippen molar-refractivity contribution in [3.63, 3.8) is 0 Å². The summed E-state index contributed by atoms with van der Waals surface area (Å²) < 4.78 is 10.0. The molecule has 0 aromatic heterocycles. The summed E-state index contributed by atoms with van der Waals surface area (Å²) in [6.07, 6.45) is 3.91. The second-order valence-corrected chi connectivity index (χ2v) is 4.04. The SMILES string of the molecule is COc1cccc(C=CC(=O)OCCCCO[N+](=O)[O-])c1. The third kappa shape index (κ3) is 7.56. The Morgan fingerprint density at radius 2 is 2.10 bits per heavy atom. The molecule has 0 radical (unpaired) electrons. The molecule has 0 atom stereocenters. The Labute approximate surface area is 122 Å². The van der Waals surface area contributed by atoms with E-state index in [0.29, 0.717) is 18.6 Å². The Kier molecular flexibility index (Phi) is 7.34. The molecule has 0 saturated heterocycles. The molecule has 1 aromatic carbocycles. The van der Waals surface area contributed by atoms with Gasteiger partial charge in [-0.05, 0) is 36.6 Å². The first-order valence-corrected chi connectivity index (χ1v) is 6.38. The molecule has 0 spiro atoms. The van der Waals surface area contributed by atoms with Crippen molar-refractivity contribution < 1.29 is 24.2 Å². The fourth-order valence-electron chi connectivity index (χ4n) is 1.47. The van der Waals surface area contributed by atoms with E-state index in [0.717, 1.165) is 5.56 Å². The molecular weight excluding hydrogens is 278 g/mol. The van der Waals surface area contributed by atoms with Crippen LogP contribution in [0.2, 0.25) is 0 Å². The first-order valence-electron chi connectivity index (χ1n) is 6.38. The predicted molar refractivity (Wildman–Crippen MR) is 75.2 cm³/mol. The quantitative estimate of drug-likeness (QED) is 0.228. The van der Waals surface area contributed by atoms with Gasteiger partial charge in [0.15, 0.2) is 0 Å². The Morgan fingerprint density at radius 3 is 2.81 bits per heavy atom. The van der Waals surface area contributed by atoms with Gasteiger partial charge >= 0.3 is 5.97 Å². The molecule has 0 aliphatic rings. The molecular formula is C14H17NO6. The summed E-state index contributed by atoms with van der Waals surface area (Å²) in [5.74, 6) is 0.240. The molecule has 1 rings (SSSR count). The molecule has 0 heterocycles. The number of nitrogens with zero attached hydrogens (tertiary/aromatic N) is 1. The van der Waals surface area contributed by atoms with E-state index in [9.17, 15) is 14.9 Å². The summed E-state index contributed by atoms with van der Waals surface area (Å²) >= 11 is 0. The van der Waals surface area contributed by atoms with Crippen LogP contribution < -0.4 is 4.74 Å². The number of hydrogen-bond donors (Lipinski definition) is 0. The summed E-state index contributed by atoms with van der Waals surface area (Å²) in [4.78, 5) is 25.4. The van der Waals surface area contributed by atoms with E-state index in [1.54, 1.807) is 19.3 Å². The van der Waals surface area contributed by atoms with Crippen molar-refractivity contribution in [2.45, 2.75) is 12.8 Å². The summed E-state index contributed by atoms with van der Waals surface area (Å²) in [5.41, 5.74) is 0.825. The predicted octanol–water partition coefficient (Wildman–Crippen LogP) is 2.24. The van der Waals surface area contributed by atoms with E-state index < -0.39 is 11.1 Å². The van der Waals surface area contributed by atoms with Gasteiger partial charge in [0.05, 0.1) is 20.3 Å². The Balaban J connectivity index is 2.23. The smallest absolute Gasteiger partial charge is 0.330 e. The maximum Gasteiger partial charge on any atom is 0.330 e. The van der Waals surface area contributed by atoms with Gasteiger partial charge in [-0.3, -0.25) is 0 Å². The van der Waals surface area contributed by atoms with Crippen molar-refractivity contribution in [1.29, 1.82) is 0 Å². The minimum Gasteiger partial charge on any atom is -0.497 e. The second-order valence-electron chi connectivity index (χ2n) is 4.04. The summed E-state index contributed by atoms with van der Waals surface area (Å²) in [6.45, 7) is 0.201. The minimum atomic E-state index is -0.844. The van der Waals surface area contributed by atoms with Crippen molar-refractivity contribution in [3.05, 3.63) is 46.0 Å². The highest BCUT2D eigenvalue weighted by atomic mass is 16.9. The number of carbonyl (C=O) groups is 1. The van der Waals surface area contributed by atoms with E-state index in [2.05, 4.69) is 4.84 Å². The second kappa shape index (κ2) is 9.35. The zero-order chi connectivity index (χ0) is 15.5. The molecule has 0 aliphatic carbocycles. The maximum atomic E-state index is 11.4. The molecule has 0 amide bonds. The van der Waals surface area contributed by atoms with Gasteiger partial charge < -0.3 is 14.3 Å². The third-order valence-corrected chi connectivity index (χ3v) is 2.49. The fraction of sp³-hybridized carbons (Fsp3) is 0.357. The van der Waals surface area contributed by atoms with Crippen LogP contribution in [0.4, 0.5) is 0 Å². The standard InChI is InChI=1S/C14H17NO6/c1-19-13-6-4-5-12(11-13)7-8-14(16)20-9-2-3-10-21-15(17)18/h4-8,11H,2-3,9-10H2,1H3. The summed E-state index contributed by atoms with van der Waals surface area (Å²) in [5, 5.41) is 9.04. The molecule has 7 nitrogen and oxygen atoms in total. The number of unbranched alkanes of at least 4 members (excludes halogenated alkanes) is 1. The molecule has 1 aromatic rings. The highest BCUT2D eigenvalue weighted by molar-refractivity contribution is 5.87. The first-order chi connectivity index (χ1) is 10.1. The number of methoxy groups -OCH3 is 1. The van der Waals surface area contributed by atoms with Crippen molar-refractivity contribution in [3.8, 4) is 5.75 Å². The van der Waals surface area contributed by atoms with Crippen LogP contribution in [-0.2, 0) is 14.4 Å². The van der Waals surface area contributed by atoms with Gasteiger partial charge in [-0.15, -0.1) is 10.1 Å². The minimum absolute atomic E-state index is 0.00417. The average Bonchev–Trinajstić information content (AvgIpc) is 2.48. The number of carbonyl (C=O) groups excluding carboxylic acids is 1. The Bertz CT molecular complexity index is 500. The monoisotopic (exact) mass is 295 g/mol. The highest BCUT2D eigenvalue weighted by Crippen LogP contribution is 2.13. The third-order valence-electron chi connectivity index (χ3n) is 2.49. The molecule has 21 heavy (non-hydrogen) atoms. The topological polar surface area (TPSA) is 87.9 Å². The Hall–Kier alpha value is -2.57. The van der Waals surface area contributed by atoms with Crippen molar-refractivity contribution in [2.75, 3.05) is 20.3 Å². The largest absolute Gasteiger partial charge is 0.497 e. The van der Waals surface area contributed by atoms with Crippen LogP contribution in [0.5, 0.6) is 5.75 Å². The maximum absolute atomic E-state index is 11.4. The van der Waals surface area contributed by atoms with E-state index in [1.807, 2.05) is 18.2 Å². The fourth-order valence-corrected chi connectivity index (χ4v) is 1.47. The van der Waals surface area contributed by atoms with Gasteiger partial charge in [-0.2, -0.15) is 0 Å². The number of rotatable bonds is 9. The molecule has 0 aliphatic heterocycles. The lowest BCUT2D eigenvalue weighted by Crippen LogP contribution is -2.05. The number of esters is 1. The molecule has 0 bridgehead atoms. The lowest BCUT2D eigenvalue weighted by molar-refractivity contribution is -0.757. The van der Waals surface area contributed by atoms with Crippen molar-refractivity contribution in [1.82, 2.24) is 0 Å². The highest BCUT2D eigenvalue weighted by Gasteiger charge is 1.99. The van der Waals surface area contributed by atoms with Crippen LogP contribution in [-0.4, -0.2) is 31.4 Å². The van der Waals surface area contributed by atoms with Crippen LogP contribution >= 0.6 is 0 Å². The lowest BCUT2D eigenvalue weighted by Gasteiger charge is -2.02. The van der Waals surface area contributed by atoms with Gasteiger partial charge in [0.1, 0.15) is 5.75 Å². The molecule has 114 valence electrons.